The molecule has 0 saturated carbocycles. The highest BCUT2D eigenvalue weighted by atomic mass is 16.5. The molecule has 0 amide bonds. The molecule has 6 nitrogen and oxygen atoms in total. The summed E-state index contributed by atoms with van der Waals surface area (Å²) in [5.74, 6) is 1.75. The minimum atomic E-state index is 0.674. The first-order valence-electron chi connectivity index (χ1n) is 7.92. The summed E-state index contributed by atoms with van der Waals surface area (Å²) in [6.45, 7) is 9.07. The van der Waals surface area contributed by atoms with Gasteiger partial charge in [-0.3, -0.25) is 4.90 Å². The third kappa shape index (κ3) is 3.59. The molecular formula is C17H23N5O. The van der Waals surface area contributed by atoms with Crippen LogP contribution in [0.15, 0.2) is 24.7 Å². The van der Waals surface area contributed by atoms with Crippen molar-refractivity contribution in [2.45, 2.75) is 20.4 Å². The number of anilines is 1. The lowest BCUT2D eigenvalue weighted by molar-refractivity contribution is 0.248. The topological polar surface area (TPSA) is 54.4 Å². The third-order valence-corrected chi connectivity index (χ3v) is 4.40. The zero-order valence-electron chi connectivity index (χ0n) is 14.0. The van der Waals surface area contributed by atoms with E-state index in [-0.39, 0.29) is 0 Å². The van der Waals surface area contributed by atoms with Crippen molar-refractivity contribution in [1.82, 2.24) is 19.9 Å². The molecule has 0 aromatic carbocycles. The number of aryl methyl sites for hydroxylation is 1. The number of aromatic nitrogens is 3. The van der Waals surface area contributed by atoms with Crippen molar-refractivity contribution in [3.8, 4) is 5.88 Å². The van der Waals surface area contributed by atoms with Crippen molar-refractivity contribution >= 4 is 5.82 Å². The molecule has 3 rings (SSSR count). The molecular weight excluding hydrogens is 290 g/mol. The fraction of sp³-hybridized carbons (Fsp3) is 0.471. The summed E-state index contributed by atoms with van der Waals surface area (Å²) in [5, 5.41) is 0. The molecule has 0 spiro atoms. The van der Waals surface area contributed by atoms with E-state index >= 15 is 0 Å². The van der Waals surface area contributed by atoms with Crippen LogP contribution >= 0.6 is 0 Å². The van der Waals surface area contributed by atoms with E-state index in [1.807, 2.05) is 19.1 Å². The number of hydrogen-bond acceptors (Lipinski definition) is 6. The highest BCUT2D eigenvalue weighted by Crippen LogP contribution is 2.20. The minimum Gasteiger partial charge on any atom is -0.481 e. The van der Waals surface area contributed by atoms with Crippen LogP contribution in [0.3, 0.4) is 0 Å². The average molecular weight is 313 g/mol. The van der Waals surface area contributed by atoms with Gasteiger partial charge in [-0.2, -0.15) is 0 Å². The number of methoxy groups -OCH3 is 1. The van der Waals surface area contributed by atoms with Gasteiger partial charge < -0.3 is 9.64 Å². The molecule has 1 saturated heterocycles. The normalized spacial score (nSPS) is 15.7. The second kappa shape index (κ2) is 6.91. The number of piperazine rings is 1. The van der Waals surface area contributed by atoms with Gasteiger partial charge in [0, 0.05) is 56.2 Å². The molecule has 122 valence electrons. The van der Waals surface area contributed by atoms with Gasteiger partial charge in [-0.15, -0.1) is 0 Å². The van der Waals surface area contributed by atoms with E-state index < -0.39 is 0 Å². The summed E-state index contributed by atoms with van der Waals surface area (Å²) in [6, 6.07) is 4.05. The molecule has 23 heavy (non-hydrogen) atoms. The van der Waals surface area contributed by atoms with Crippen molar-refractivity contribution < 1.29 is 4.74 Å². The predicted octanol–water partition coefficient (Wildman–Crippen LogP) is 1.82. The standard InChI is InChI=1S/C17H23N5O/c1-13-14(2)19-12-20-17(13)22-8-6-21(7-9-22)11-15-4-5-18-16(10-15)23-3/h4-5,10,12H,6-9,11H2,1-3H3. The van der Waals surface area contributed by atoms with Gasteiger partial charge in [0.1, 0.15) is 12.1 Å². The van der Waals surface area contributed by atoms with Gasteiger partial charge >= 0.3 is 0 Å². The summed E-state index contributed by atoms with van der Waals surface area (Å²) in [6.07, 6.45) is 3.46. The highest BCUT2D eigenvalue weighted by molar-refractivity contribution is 5.47. The smallest absolute Gasteiger partial charge is 0.213 e. The predicted molar refractivity (Wildman–Crippen MR) is 89.8 cm³/mol. The van der Waals surface area contributed by atoms with Crippen LogP contribution in [0.25, 0.3) is 0 Å². The number of nitrogens with zero attached hydrogens (tertiary/aromatic N) is 5. The Hall–Kier alpha value is -2.21. The molecule has 3 heterocycles. The lowest BCUT2D eigenvalue weighted by atomic mass is 10.2. The lowest BCUT2D eigenvalue weighted by Crippen LogP contribution is -2.46. The van der Waals surface area contributed by atoms with Crippen LogP contribution in [0.1, 0.15) is 16.8 Å². The first-order chi connectivity index (χ1) is 11.2. The molecule has 1 aliphatic rings. The SMILES string of the molecule is COc1cc(CN2CCN(c3ncnc(C)c3C)CC2)ccn1. The van der Waals surface area contributed by atoms with Crippen LogP contribution in [0.5, 0.6) is 5.88 Å². The van der Waals surface area contributed by atoms with Crippen molar-refractivity contribution in [2.24, 2.45) is 0 Å². The summed E-state index contributed by atoms with van der Waals surface area (Å²) in [4.78, 5) is 17.7. The molecule has 0 radical (unpaired) electrons. The molecule has 0 aliphatic carbocycles. The Morgan fingerprint density at radius 2 is 1.87 bits per heavy atom. The first-order valence-corrected chi connectivity index (χ1v) is 7.92. The van der Waals surface area contributed by atoms with Crippen molar-refractivity contribution in [3.63, 3.8) is 0 Å². The Kier molecular flexibility index (Phi) is 4.71. The molecule has 1 aliphatic heterocycles. The Morgan fingerprint density at radius 3 is 2.61 bits per heavy atom. The maximum Gasteiger partial charge on any atom is 0.213 e. The molecule has 0 unspecified atom stereocenters. The monoisotopic (exact) mass is 313 g/mol. The Labute approximate surface area is 137 Å². The molecule has 0 N–H and O–H groups in total. The van der Waals surface area contributed by atoms with Gasteiger partial charge in [0.2, 0.25) is 5.88 Å². The maximum atomic E-state index is 5.19. The largest absolute Gasteiger partial charge is 0.481 e. The highest BCUT2D eigenvalue weighted by Gasteiger charge is 2.20. The number of pyridine rings is 1. The second-order valence-electron chi connectivity index (χ2n) is 5.88. The fourth-order valence-corrected chi connectivity index (χ4v) is 2.88. The number of ether oxygens (including phenoxy) is 1. The van der Waals surface area contributed by atoms with Gasteiger partial charge in [0.25, 0.3) is 0 Å². The van der Waals surface area contributed by atoms with Crippen LogP contribution in [-0.4, -0.2) is 53.1 Å². The summed E-state index contributed by atoms with van der Waals surface area (Å²) in [7, 11) is 1.65. The quantitative estimate of drug-likeness (QED) is 0.858. The minimum absolute atomic E-state index is 0.674. The van der Waals surface area contributed by atoms with Gasteiger partial charge in [0.15, 0.2) is 0 Å². The van der Waals surface area contributed by atoms with E-state index in [4.69, 9.17) is 4.74 Å². The van der Waals surface area contributed by atoms with E-state index in [0.29, 0.717) is 5.88 Å². The summed E-state index contributed by atoms with van der Waals surface area (Å²) >= 11 is 0. The molecule has 0 atom stereocenters. The lowest BCUT2D eigenvalue weighted by Gasteiger charge is -2.36. The molecule has 2 aromatic heterocycles. The van der Waals surface area contributed by atoms with E-state index in [9.17, 15) is 0 Å². The van der Waals surface area contributed by atoms with Gasteiger partial charge in [0.05, 0.1) is 7.11 Å². The molecule has 2 aromatic rings. The van der Waals surface area contributed by atoms with Gasteiger partial charge in [-0.1, -0.05) is 0 Å². The molecule has 1 fully saturated rings. The number of hydrogen-bond donors (Lipinski definition) is 0. The van der Waals surface area contributed by atoms with E-state index in [1.165, 1.54) is 11.1 Å². The second-order valence-corrected chi connectivity index (χ2v) is 5.88. The summed E-state index contributed by atoms with van der Waals surface area (Å²) < 4.78 is 5.19. The van der Waals surface area contributed by atoms with Crippen molar-refractivity contribution in [3.05, 3.63) is 41.5 Å². The van der Waals surface area contributed by atoms with Crippen molar-refractivity contribution in [2.75, 3.05) is 38.2 Å². The van der Waals surface area contributed by atoms with Gasteiger partial charge in [-0.05, 0) is 25.5 Å². The Balaban J connectivity index is 1.61. The Bertz CT molecular complexity index is 668. The molecule has 6 heteroatoms. The molecule has 0 bridgehead atoms. The van der Waals surface area contributed by atoms with Crippen LogP contribution in [0.4, 0.5) is 5.82 Å². The van der Waals surface area contributed by atoms with E-state index in [1.54, 1.807) is 19.6 Å². The maximum absolute atomic E-state index is 5.19. The first kappa shape index (κ1) is 15.7. The van der Waals surface area contributed by atoms with Crippen LogP contribution in [-0.2, 0) is 6.54 Å². The van der Waals surface area contributed by atoms with E-state index in [2.05, 4.69) is 31.7 Å². The summed E-state index contributed by atoms with van der Waals surface area (Å²) in [5.41, 5.74) is 3.47. The zero-order valence-corrected chi connectivity index (χ0v) is 14.0. The Morgan fingerprint density at radius 1 is 1.09 bits per heavy atom. The average Bonchev–Trinajstić information content (AvgIpc) is 2.58. The van der Waals surface area contributed by atoms with Gasteiger partial charge in [-0.25, -0.2) is 15.0 Å². The third-order valence-electron chi connectivity index (χ3n) is 4.40. The van der Waals surface area contributed by atoms with E-state index in [0.717, 1.165) is 44.2 Å². The fourth-order valence-electron chi connectivity index (χ4n) is 2.88. The zero-order chi connectivity index (χ0) is 16.2. The number of rotatable bonds is 4. The van der Waals surface area contributed by atoms with Crippen LogP contribution in [0, 0.1) is 13.8 Å². The van der Waals surface area contributed by atoms with Crippen molar-refractivity contribution in [1.29, 1.82) is 0 Å². The van der Waals surface area contributed by atoms with Crippen LogP contribution < -0.4 is 9.64 Å². The van der Waals surface area contributed by atoms with Crippen LogP contribution in [0.2, 0.25) is 0 Å².